The van der Waals surface area contributed by atoms with Crippen molar-refractivity contribution in [3.8, 4) is 5.75 Å². The van der Waals surface area contributed by atoms with Crippen molar-refractivity contribution >= 4 is 34.8 Å². The summed E-state index contributed by atoms with van der Waals surface area (Å²) in [6.45, 7) is 0.224. The van der Waals surface area contributed by atoms with E-state index in [1.807, 2.05) is 0 Å². The largest absolute Gasteiger partial charge is 0.487 e. The molecule has 0 bridgehead atoms. The fourth-order valence-corrected chi connectivity index (χ4v) is 2.38. The highest BCUT2D eigenvalue weighted by Gasteiger charge is 2.06. The van der Waals surface area contributed by atoms with Crippen LogP contribution < -0.4 is 10.1 Å². The zero-order chi connectivity index (χ0) is 16.9. The highest BCUT2D eigenvalue weighted by Crippen LogP contribution is 2.29. The quantitative estimate of drug-likeness (QED) is 0.629. The van der Waals surface area contributed by atoms with Gasteiger partial charge in [0.25, 0.3) is 0 Å². The fourth-order valence-electron chi connectivity index (χ4n) is 2.01. The van der Waals surface area contributed by atoms with Crippen LogP contribution in [0.1, 0.15) is 5.56 Å². The third-order valence-corrected chi connectivity index (χ3v) is 3.60. The van der Waals surface area contributed by atoms with Crippen LogP contribution in [0, 0.1) is 5.82 Å². The van der Waals surface area contributed by atoms with Crippen LogP contribution >= 0.6 is 23.2 Å². The van der Waals surface area contributed by atoms with Crippen molar-refractivity contribution in [2.45, 2.75) is 6.61 Å². The second-order valence-corrected chi connectivity index (χ2v) is 5.69. The van der Waals surface area contributed by atoms with Gasteiger partial charge in [-0.1, -0.05) is 35.3 Å². The minimum Gasteiger partial charge on any atom is -0.487 e. The van der Waals surface area contributed by atoms with Gasteiger partial charge < -0.3 is 10.1 Å². The Balaban J connectivity index is 1.68. The van der Waals surface area contributed by atoms with E-state index in [0.717, 1.165) is 5.56 Å². The van der Waals surface area contributed by atoms with Gasteiger partial charge in [0, 0.05) is 11.9 Å². The number of anilines is 2. The monoisotopic (exact) mass is 363 g/mol. The van der Waals surface area contributed by atoms with Crippen molar-refractivity contribution in [1.82, 2.24) is 9.97 Å². The Kier molecular flexibility index (Phi) is 5.13. The summed E-state index contributed by atoms with van der Waals surface area (Å²) >= 11 is 12.0. The van der Waals surface area contributed by atoms with Gasteiger partial charge in [-0.2, -0.15) is 0 Å². The summed E-state index contributed by atoms with van der Waals surface area (Å²) in [5.74, 6) is 0.564. The molecule has 0 radical (unpaired) electrons. The number of nitrogens with one attached hydrogen (secondary N) is 1. The van der Waals surface area contributed by atoms with Crippen LogP contribution in [-0.4, -0.2) is 9.97 Å². The maximum Gasteiger partial charge on any atom is 0.228 e. The normalized spacial score (nSPS) is 10.5. The zero-order valence-electron chi connectivity index (χ0n) is 12.3. The minimum atomic E-state index is -0.303. The minimum absolute atomic E-state index is 0.224. The van der Waals surface area contributed by atoms with E-state index in [2.05, 4.69) is 15.3 Å². The average molecular weight is 364 g/mol. The third-order valence-electron chi connectivity index (χ3n) is 3.09. The number of nitrogens with zero attached hydrogens (tertiary/aromatic N) is 2. The number of hydrogen-bond acceptors (Lipinski definition) is 4. The molecule has 1 aromatic heterocycles. The van der Waals surface area contributed by atoms with Crippen LogP contribution in [-0.2, 0) is 6.61 Å². The molecule has 0 saturated carbocycles. The van der Waals surface area contributed by atoms with E-state index in [4.69, 9.17) is 27.9 Å². The molecule has 0 amide bonds. The molecule has 24 heavy (non-hydrogen) atoms. The van der Waals surface area contributed by atoms with Crippen LogP contribution in [0.15, 0.2) is 54.7 Å². The van der Waals surface area contributed by atoms with Gasteiger partial charge in [-0.3, -0.25) is 0 Å². The molecule has 7 heteroatoms. The first-order valence-electron chi connectivity index (χ1n) is 7.02. The van der Waals surface area contributed by atoms with Gasteiger partial charge in [0.05, 0.1) is 5.02 Å². The van der Waals surface area contributed by atoms with E-state index in [-0.39, 0.29) is 12.4 Å². The molecule has 2 aromatic carbocycles. The van der Waals surface area contributed by atoms with E-state index in [1.165, 1.54) is 12.1 Å². The van der Waals surface area contributed by atoms with Crippen molar-refractivity contribution in [2.24, 2.45) is 0 Å². The first-order valence-corrected chi connectivity index (χ1v) is 7.78. The Morgan fingerprint density at radius 2 is 1.96 bits per heavy atom. The second kappa shape index (κ2) is 7.47. The molecule has 0 aliphatic heterocycles. The van der Waals surface area contributed by atoms with Gasteiger partial charge in [-0.05, 0) is 42.0 Å². The van der Waals surface area contributed by atoms with Gasteiger partial charge in [0.15, 0.2) is 0 Å². The zero-order valence-corrected chi connectivity index (χ0v) is 13.9. The highest BCUT2D eigenvalue weighted by atomic mass is 35.5. The lowest BCUT2D eigenvalue weighted by Crippen LogP contribution is -1.99. The van der Waals surface area contributed by atoms with Gasteiger partial charge in [-0.15, -0.1) is 0 Å². The molecule has 1 N–H and O–H groups in total. The molecule has 0 fully saturated rings. The number of hydrogen-bond donors (Lipinski definition) is 1. The summed E-state index contributed by atoms with van der Waals surface area (Å²) in [5.41, 5.74) is 1.42. The van der Waals surface area contributed by atoms with Crippen molar-refractivity contribution in [2.75, 3.05) is 5.32 Å². The Bertz CT molecular complexity index is 861. The van der Waals surface area contributed by atoms with E-state index in [0.29, 0.717) is 27.6 Å². The highest BCUT2D eigenvalue weighted by molar-refractivity contribution is 6.32. The Hall–Kier alpha value is -2.37. The van der Waals surface area contributed by atoms with E-state index in [1.54, 1.807) is 42.6 Å². The van der Waals surface area contributed by atoms with Crippen molar-refractivity contribution in [3.05, 3.63) is 76.3 Å². The predicted molar refractivity (Wildman–Crippen MR) is 92.5 cm³/mol. The summed E-state index contributed by atoms with van der Waals surface area (Å²) in [6, 6.07) is 13.0. The second-order valence-electron chi connectivity index (χ2n) is 4.89. The van der Waals surface area contributed by atoms with Crippen molar-refractivity contribution < 1.29 is 9.13 Å². The van der Waals surface area contributed by atoms with E-state index < -0.39 is 0 Å². The Morgan fingerprint density at radius 1 is 1.08 bits per heavy atom. The van der Waals surface area contributed by atoms with Crippen LogP contribution in [0.3, 0.4) is 0 Å². The smallest absolute Gasteiger partial charge is 0.228 e. The van der Waals surface area contributed by atoms with Crippen LogP contribution in [0.25, 0.3) is 0 Å². The summed E-state index contributed by atoms with van der Waals surface area (Å²) in [6.07, 6.45) is 1.55. The Morgan fingerprint density at radius 3 is 2.71 bits per heavy atom. The maximum atomic E-state index is 13.1. The molecule has 122 valence electrons. The van der Waals surface area contributed by atoms with E-state index in [9.17, 15) is 4.39 Å². The number of aromatic nitrogens is 2. The summed E-state index contributed by atoms with van der Waals surface area (Å²) in [5, 5.41) is 3.75. The first-order chi connectivity index (χ1) is 11.6. The molecular formula is C17H12Cl2FN3O. The summed E-state index contributed by atoms with van der Waals surface area (Å²) in [4.78, 5) is 8.09. The molecule has 4 nitrogen and oxygen atoms in total. The van der Waals surface area contributed by atoms with Crippen LogP contribution in [0.2, 0.25) is 10.2 Å². The van der Waals surface area contributed by atoms with Crippen molar-refractivity contribution in [3.63, 3.8) is 0 Å². The number of halogens is 3. The fraction of sp³-hybridized carbons (Fsp3) is 0.0588. The molecule has 0 atom stereocenters. The molecule has 1 heterocycles. The standard InChI is InChI=1S/C17H12Cl2FN3O/c18-14-9-13(22-17-21-7-6-16(19)23-17)4-5-15(14)24-10-11-2-1-3-12(20)8-11/h1-9H,10H2,(H,21,22,23). The lowest BCUT2D eigenvalue weighted by Gasteiger charge is -2.10. The van der Waals surface area contributed by atoms with Gasteiger partial charge >= 0.3 is 0 Å². The predicted octanol–water partition coefficient (Wildman–Crippen LogP) is 5.25. The number of rotatable bonds is 5. The molecule has 3 rings (SSSR count). The topological polar surface area (TPSA) is 47.0 Å². The van der Waals surface area contributed by atoms with Gasteiger partial charge in [0.2, 0.25) is 5.95 Å². The first kappa shape index (κ1) is 16.5. The lowest BCUT2D eigenvalue weighted by molar-refractivity contribution is 0.306. The molecule has 0 spiro atoms. The summed E-state index contributed by atoms with van der Waals surface area (Å²) in [7, 11) is 0. The van der Waals surface area contributed by atoms with Gasteiger partial charge in [-0.25, -0.2) is 14.4 Å². The van der Waals surface area contributed by atoms with Crippen molar-refractivity contribution in [1.29, 1.82) is 0 Å². The number of benzene rings is 2. The number of ether oxygens (including phenoxy) is 1. The molecule has 0 aliphatic rings. The molecule has 0 saturated heterocycles. The lowest BCUT2D eigenvalue weighted by atomic mass is 10.2. The van der Waals surface area contributed by atoms with Gasteiger partial charge in [0.1, 0.15) is 23.3 Å². The molecule has 0 unspecified atom stereocenters. The molecule has 3 aromatic rings. The third kappa shape index (κ3) is 4.34. The SMILES string of the molecule is Fc1cccc(COc2ccc(Nc3nccc(Cl)n3)cc2Cl)c1. The molecule has 0 aliphatic carbocycles. The maximum absolute atomic E-state index is 13.1. The van der Waals surface area contributed by atoms with Crippen LogP contribution in [0.4, 0.5) is 16.0 Å². The van der Waals surface area contributed by atoms with E-state index >= 15 is 0 Å². The summed E-state index contributed by atoms with van der Waals surface area (Å²) < 4.78 is 18.8. The van der Waals surface area contributed by atoms with Crippen LogP contribution in [0.5, 0.6) is 5.75 Å². The Labute approximate surface area is 148 Å². The molecular weight excluding hydrogens is 352 g/mol. The average Bonchev–Trinajstić information content (AvgIpc) is 2.54.